The Kier molecular flexibility index (Phi) is 4.31. The van der Waals surface area contributed by atoms with Gasteiger partial charge in [0.15, 0.2) is 4.77 Å². The molecule has 1 aromatic heterocycles. The number of imidazole rings is 1. The minimum Gasteiger partial charge on any atom is -0.492 e. The zero-order chi connectivity index (χ0) is 14.8. The molecular weight excluding hydrogens is 282 g/mol. The Hall–Kier alpha value is -1.33. The first-order valence-corrected chi connectivity index (χ1v) is 8.12. The van der Waals surface area contributed by atoms with Crippen molar-refractivity contribution in [3.8, 4) is 5.75 Å². The van der Waals surface area contributed by atoms with Gasteiger partial charge in [-0.3, -0.25) is 0 Å². The summed E-state index contributed by atoms with van der Waals surface area (Å²) in [6.07, 6.45) is 2.49. The van der Waals surface area contributed by atoms with Crippen LogP contribution >= 0.6 is 12.2 Å². The van der Waals surface area contributed by atoms with E-state index in [1.165, 1.54) is 25.9 Å². The summed E-state index contributed by atoms with van der Waals surface area (Å²) in [7, 11) is 2.20. The van der Waals surface area contributed by atoms with Gasteiger partial charge in [0.25, 0.3) is 0 Å². The molecule has 1 aliphatic rings. The van der Waals surface area contributed by atoms with E-state index in [1.807, 2.05) is 19.1 Å². The standard InChI is InChI=1S/C16H23N3OS/c1-3-20-14-6-4-5-13-15(14)17-16(21)19(13)11-12-7-9-18(2)10-8-12/h4-6,12H,3,7-11H2,1-2H3,(H,17,21). The van der Waals surface area contributed by atoms with Gasteiger partial charge in [0.1, 0.15) is 11.3 Å². The van der Waals surface area contributed by atoms with Crippen molar-refractivity contribution in [3.05, 3.63) is 23.0 Å². The van der Waals surface area contributed by atoms with Gasteiger partial charge in [-0.15, -0.1) is 0 Å². The van der Waals surface area contributed by atoms with Crippen LogP contribution in [-0.2, 0) is 6.54 Å². The molecule has 0 unspecified atom stereocenters. The highest BCUT2D eigenvalue weighted by molar-refractivity contribution is 7.71. The van der Waals surface area contributed by atoms with Gasteiger partial charge in [-0.1, -0.05) is 6.07 Å². The van der Waals surface area contributed by atoms with E-state index in [-0.39, 0.29) is 0 Å². The van der Waals surface area contributed by atoms with Gasteiger partial charge in [-0.25, -0.2) is 0 Å². The van der Waals surface area contributed by atoms with E-state index in [9.17, 15) is 0 Å². The lowest BCUT2D eigenvalue weighted by Gasteiger charge is -2.29. The van der Waals surface area contributed by atoms with Crippen LogP contribution in [0, 0.1) is 10.7 Å². The van der Waals surface area contributed by atoms with Crippen LogP contribution in [-0.4, -0.2) is 41.2 Å². The first-order valence-electron chi connectivity index (χ1n) is 7.72. The van der Waals surface area contributed by atoms with Gasteiger partial charge < -0.3 is 19.2 Å². The molecule has 0 aliphatic carbocycles. The first kappa shape index (κ1) is 14.6. The van der Waals surface area contributed by atoms with E-state index in [0.29, 0.717) is 12.5 Å². The minimum absolute atomic E-state index is 0.667. The lowest BCUT2D eigenvalue weighted by molar-refractivity contribution is 0.206. The summed E-state index contributed by atoms with van der Waals surface area (Å²) in [5, 5.41) is 0. The molecule has 0 saturated carbocycles. The number of nitrogens with zero attached hydrogens (tertiary/aromatic N) is 2. The van der Waals surface area contributed by atoms with Gasteiger partial charge in [-0.05, 0) is 70.2 Å². The second kappa shape index (κ2) is 6.20. The van der Waals surface area contributed by atoms with Crippen molar-refractivity contribution < 1.29 is 4.74 Å². The van der Waals surface area contributed by atoms with Crippen LogP contribution in [0.2, 0.25) is 0 Å². The van der Waals surface area contributed by atoms with E-state index in [4.69, 9.17) is 17.0 Å². The van der Waals surface area contributed by atoms with Crippen molar-refractivity contribution in [1.29, 1.82) is 0 Å². The molecule has 1 aliphatic heterocycles. The summed E-state index contributed by atoms with van der Waals surface area (Å²) in [6.45, 7) is 6.04. The number of piperidine rings is 1. The van der Waals surface area contributed by atoms with Gasteiger partial charge >= 0.3 is 0 Å². The topological polar surface area (TPSA) is 33.2 Å². The van der Waals surface area contributed by atoms with Crippen molar-refractivity contribution in [2.75, 3.05) is 26.7 Å². The maximum atomic E-state index is 5.69. The van der Waals surface area contributed by atoms with E-state index in [2.05, 4.69) is 27.6 Å². The Morgan fingerprint density at radius 1 is 1.33 bits per heavy atom. The van der Waals surface area contributed by atoms with Crippen LogP contribution in [0.3, 0.4) is 0 Å². The first-order chi connectivity index (χ1) is 10.2. The number of para-hydroxylation sites is 1. The number of benzene rings is 1. The molecule has 3 rings (SSSR count). The molecule has 2 aromatic rings. The third-order valence-electron chi connectivity index (χ3n) is 4.35. The zero-order valence-corrected chi connectivity index (χ0v) is 13.6. The monoisotopic (exact) mass is 305 g/mol. The number of hydrogen-bond acceptors (Lipinski definition) is 3. The summed E-state index contributed by atoms with van der Waals surface area (Å²) in [4.78, 5) is 5.72. The predicted octanol–water partition coefficient (Wildman–Crippen LogP) is 3.44. The Bertz CT molecular complexity index is 668. The highest BCUT2D eigenvalue weighted by Crippen LogP contribution is 2.27. The maximum absolute atomic E-state index is 5.69. The lowest BCUT2D eigenvalue weighted by atomic mass is 9.97. The van der Waals surface area contributed by atoms with Gasteiger partial charge in [-0.2, -0.15) is 0 Å². The molecule has 0 radical (unpaired) electrons. The van der Waals surface area contributed by atoms with Crippen molar-refractivity contribution in [3.63, 3.8) is 0 Å². The largest absolute Gasteiger partial charge is 0.492 e. The second-order valence-electron chi connectivity index (χ2n) is 5.87. The Labute approximate surface area is 130 Å². The number of ether oxygens (including phenoxy) is 1. The molecule has 4 nitrogen and oxygen atoms in total. The van der Waals surface area contributed by atoms with E-state index in [1.54, 1.807) is 0 Å². The molecule has 0 atom stereocenters. The molecule has 1 saturated heterocycles. The van der Waals surface area contributed by atoms with E-state index >= 15 is 0 Å². The minimum atomic E-state index is 0.667. The van der Waals surface area contributed by atoms with Gasteiger partial charge in [0, 0.05) is 6.54 Å². The number of aromatic amines is 1. The average molecular weight is 305 g/mol. The van der Waals surface area contributed by atoms with E-state index < -0.39 is 0 Å². The van der Waals surface area contributed by atoms with Crippen LogP contribution in [0.4, 0.5) is 0 Å². The molecule has 1 aromatic carbocycles. The molecule has 0 amide bonds. The lowest BCUT2D eigenvalue weighted by Crippen LogP contribution is -2.31. The van der Waals surface area contributed by atoms with Crippen LogP contribution in [0.25, 0.3) is 11.0 Å². The molecule has 5 heteroatoms. The number of nitrogens with one attached hydrogen (secondary N) is 1. The highest BCUT2D eigenvalue weighted by Gasteiger charge is 2.19. The van der Waals surface area contributed by atoms with Crippen LogP contribution in [0.5, 0.6) is 5.75 Å². The zero-order valence-electron chi connectivity index (χ0n) is 12.8. The smallest absolute Gasteiger partial charge is 0.178 e. The SMILES string of the molecule is CCOc1cccc2c1[nH]c(=S)n2CC1CCN(C)CC1. The summed E-state index contributed by atoms with van der Waals surface area (Å²) in [5.74, 6) is 1.60. The fraction of sp³-hybridized carbons (Fsp3) is 0.562. The van der Waals surface area contributed by atoms with Gasteiger partial charge in [0.05, 0.1) is 12.1 Å². The van der Waals surface area contributed by atoms with Crippen LogP contribution < -0.4 is 4.74 Å². The molecule has 0 bridgehead atoms. The molecule has 0 spiro atoms. The summed E-state index contributed by atoms with van der Waals surface area (Å²) in [6, 6.07) is 6.16. The van der Waals surface area contributed by atoms with Crippen LogP contribution in [0.1, 0.15) is 19.8 Å². The van der Waals surface area contributed by atoms with Gasteiger partial charge in [0.2, 0.25) is 0 Å². The fourth-order valence-electron chi connectivity index (χ4n) is 3.11. The van der Waals surface area contributed by atoms with Crippen molar-refractivity contribution in [2.24, 2.45) is 5.92 Å². The Balaban J connectivity index is 1.90. The molecular formula is C16H23N3OS. The average Bonchev–Trinajstić information content (AvgIpc) is 2.79. The molecule has 1 N–H and O–H groups in total. The molecule has 2 heterocycles. The molecule has 1 fully saturated rings. The fourth-order valence-corrected chi connectivity index (χ4v) is 3.39. The third kappa shape index (κ3) is 2.99. The second-order valence-corrected chi connectivity index (χ2v) is 6.26. The highest BCUT2D eigenvalue weighted by atomic mass is 32.1. The van der Waals surface area contributed by atoms with Crippen LogP contribution in [0.15, 0.2) is 18.2 Å². The molecule has 114 valence electrons. The molecule has 21 heavy (non-hydrogen) atoms. The number of aromatic nitrogens is 2. The number of likely N-dealkylation sites (tertiary alicyclic amines) is 1. The predicted molar refractivity (Wildman–Crippen MR) is 88.5 cm³/mol. The van der Waals surface area contributed by atoms with Crippen molar-refractivity contribution in [2.45, 2.75) is 26.3 Å². The Morgan fingerprint density at radius 3 is 2.81 bits per heavy atom. The maximum Gasteiger partial charge on any atom is 0.178 e. The van der Waals surface area contributed by atoms with Crippen molar-refractivity contribution in [1.82, 2.24) is 14.5 Å². The van der Waals surface area contributed by atoms with Crippen molar-refractivity contribution >= 4 is 23.3 Å². The number of hydrogen-bond donors (Lipinski definition) is 1. The quantitative estimate of drug-likeness (QED) is 0.879. The summed E-state index contributed by atoms with van der Waals surface area (Å²) >= 11 is 5.53. The Morgan fingerprint density at radius 2 is 2.10 bits per heavy atom. The number of rotatable bonds is 4. The summed E-state index contributed by atoms with van der Waals surface area (Å²) in [5.41, 5.74) is 2.18. The van der Waals surface area contributed by atoms with E-state index in [0.717, 1.165) is 28.1 Å². The third-order valence-corrected chi connectivity index (χ3v) is 4.67. The number of H-pyrrole nitrogens is 1. The summed E-state index contributed by atoms with van der Waals surface area (Å²) < 4.78 is 8.74. The normalized spacial score (nSPS) is 17.4. The number of fused-ring (bicyclic) bond motifs is 1.